The summed E-state index contributed by atoms with van der Waals surface area (Å²) in [6.07, 6.45) is 3.86. The lowest BCUT2D eigenvalue weighted by Crippen LogP contribution is -2.41. The summed E-state index contributed by atoms with van der Waals surface area (Å²) < 4.78 is 80.0. The molecular weight excluding hydrogens is 822 g/mol. The molecule has 0 amide bonds. The van der Waals surface area contributed by atoms with E-state index in [1.807, 2.05) is 48.5 Å². The van der Waals surface area contributed by atoms with Crippen LogP contribution in [-0.4, -0.2) is 95.3 Å². The van der Waals surface area contributed by atoms with Gasteiger partial charge >= 0.3 is 0 Å². The normalized spacial score (nSPS) is 20.0. The maximum absolute atomic E-state index is 13.0. The molecule has 2 atom stereocenters. The van der Waals surface area contributed by atoms with Crippen LogP contribution in [0, 0.1) is 7.14 Å². The number of ether oxygens (including phenoxy) is 4. The fourth-order valence-corrected chi connectivity index (χ4v) is 9.48. The summed E-state index contributed by atoms with van der Waals surface area (Å²) in [7, 11) is -6.86. The second-order valence-electron chi connectivity index (χ2n) is 10.6. The first kappa shape index (κ1) is 35.1. The third-order valence-electron chi connectivity index (χ3n) is 7.41. The van der Waals surface area contributed by atoms with Crippen molar-refractivity contribution in [2.45, 2.75) is 50.6 Å². The van der Waals surface area contributed by atoms with Gasteiger partial charge in [-0.1, -0.05) is 0 Å². The molecule has 0 radical (unpaired) electrons. The molecule has 0 spiro atoms. The summed E-state index contributed by atoms with van der Waals surface area (Å²) in [5.41, 5.74) is 0. The van der Waals surface area contributed by atoms with Gasteiger partial charge in [0.15, 0.2) is 0 Å². The summed E-state index contributed by atoms with van der Waals surface area (Å²) in [6, 6.07) is 14.8. The highest BCUT2D eigenvalue weighted by molar-refractivity contribution is 14.1. The second kappa shape index (κ2) is 17.2. The van der Waals surface area contributed by atoms with Crippen molar-refractivity contribution in [2.24, 2.45) is 0 Å². The van der Waals surface area contributed by atoms with Crippen molar-refractivity contribution in [1.82, 2.24) is 8.61 Å². The molecule has 10 nitrogen and oxygen atoms in total. The first-order valence-corrected chi connectivity index (χ1v) is 19.9. The predicted molar refractivity (Wildman–Crippen MR) is 182 cm³/mol. The molecule has 2 saturated heterocycles. The highest BCUT2D eigenvalue weighted by Crippen LogP contribution is 2.24. The molecule has 43 heavy (non-hydrogen) atoms. The summed E-state index contributed by atoms with van der Waals surface area (Å²) in [6.45, 7) is 2.11. The van der Waals surface area contributed by atoms with Gasteiger partial charge in [-0.25, -0.2) is 16.8 Å². The van der Waals surface area contributed by atoms with Gasteiger partial charge in [0.25, 0.3) is 0 Å². The molecule has 2 aromatic carbocycles. The van der Waals surface area contributed by atoms with Crippen LogP contribution >= 0.6 is 45.2 Å². The first-order chi connectivity index (χ1) is 20.6. The number of nitrogens with zero attached hydrogens (tertiary/aromatic N) is 2. The van der Waals surface area contributed by atoms with Crippen LogP contribution in [0.2, 0.25) is 0 Å². The van der Waals surface area contributed by atoms with Gasteiger partial charge in [0.1, 0.15) is 18.3 Å². The van der Waals surface area contributed by atoms with Crippen molar-refractivity contribution in [1.29, 1.82) is 0 Å². The van der Waals surface area contributed by atoms with Crippen molar-refractivity contribution in [3.63, 3.8) is 0 Å². The fraction of sp³-hybridized carbons (Fsp3) is 0.586. The molecule has 2 aromatic rings. The first-order valence-electron chi connectivity index (χ1n) is 14.6. The van der Waals surface area contributed by atoms with E-state index in [0.29, 0.717) is 39.1 Å². The number of rotatable bonds is 18. The summed E-state index contributed by atoms with van der Waals surface area (Å²) >= 11 is 4.44. The van der Waals surface area contributed by atoms with Crippen LogP contribution in [0.3, 0.4) is 0 Å². The van der Waals surface area contributed by atoms with E-state index < -0.39 is 20.0 Å². The Morgan fingerprint density at radius 3 is 1.44 bits per heavy atom. The highest BCUT2D eigenvalue weighted by Gasteiger charge is 2.35. The van der Waals surface area contributed by atoms with Gasteiger partial charge in [0.05, 0.1) is 37.9 Å². The number of benzene rings is 2. The van der Waals surface area contributed by atoms with E-state index in [4.69, 9.17) is 18.9 Å². The van der Waals surface area contributed by atoms with E-state index in [0.717, 1.165) is 44.3 Å². The highest BCUT2D eigenvalue weighted by atomic mass is 127. The van der Waals surface area contributed by atoms with E-state index in [1.54, 1.807) is 8.61 Å². The van der Waals surface area contributed by atoms with E-state index in [9.17, 15) is 16.8 Å². The minimum atomic E-state index is -3.43. The smallest absolute Gasteiger partial charge is 0.214 e. The van der Waals surface area contributed by atoms with Gasteiger partial charge in [0, 0.05) is 32.3 Å². The molecule has 2 aliphatic heterocycles. The van der Waals surface area contributed by atoms with Crippen LogP contribution in [0.1, 0.15) is 38.5 Å². The summed E-state index contributed by atoms with van der Waals surface area (Å²) in [4.78, 5) is 0. The minimum Gasteiger partial charge on any atom is -0.494 e. The fourth-order valence-electron chi connectivity index (χ4n) is 5.27. The van der Waals surface area contributed by atoms with Gasteiger partial charge in [-0.3, -0.25) is 0 Å². The minimum absolute atomic E-state index is 0.0114. The maximum Gasteiger partial charge on any atom is 0.214 e. The molecule has 2 fully saturated rings. The van der Waals surface area contributed by atoms with Crippen molar-refractivity contribution in [3.05, 3.63) is 55.7 Å². The number of hydrogen-bond donors (Lipinski definition) is 0. The van der Waals surface area contributed by atoms with Crippen molar-refractivity contribution >= 4 is 65.2 Å². The molecule has 0 unspecified atom stereocenters. The lowest BCUT2D eigenvalue weighted by atomic mass is 10.2. The van der Waals surface area contributed by atoms with Crippen molar-refractivity contribution in [3.8, 4) is 11.5 Å². The molecular formula is C29H40I2N2O8S2. The van der Waals surface area contributed by atoms with Crippen LogP contribution in [0.5, 0.6) is 11.5 Å². The zero-order chi connectivity index (χ0) is 30.7. The molecule has 0 aliphatic carbocycles. The van der Waals surface area contributed by atoms with E-state index in [-0.39, 0.29) is 43.6 Å². The molecule has 0 N–H and O–H groups in total. The number of sulfonamides is 2. The number of halogens is 2. The van der Waals surface area contributed by atoms with Crippen LogP contribution in [-0.2, 0) is 29.5 Å². The largest absolute Gasteiger partial charge is 0.494 e. The van der Waals surface area contributed by atoms with Gasteiger partial charge in [-0.05, 0) is 132 Å². The Kier molecular flexibility index (Phi) is 14.1. The summed E-state index contributed by atoms with van der Waals surface area (Å²) in [5, 5.41) is 0. The van der Waals surface area contributed by atoms with E-state index in [2.05, 4.69) is 45.2 Å². The molecule has 0 aromatic heterocycles. The molecule has 2 aliphatic rings. The quantitative estimate of drug-likeness (QED) is 0.121. The van der Waals surface area contributed by atoms with Crippen molar-refractivity contribution in [2.75, 3.05) is 57.8 Å². The summed E-state index contributed by atoms with van der Waals surface area (Å²) in [5.74, 6) is 1.50. The molecule has 2 heterocycles. The SMILES string of the molecule is O=S(=O)(CCCOc1ccc(I)cc1)N1CCC[C@H]1COCOC[C@@H]1CCCN1S(=O)(=O)CCCOc1ccc(I)cc1. The van der Waals surface area contributed by atoms with Crippen LogP contribution in [0.25, 0.3) is 0 Å². The Morgan fingerprint density at radius 1 is 0.651 bits per heavy atom. The monoisotopic (exact) mass is 862 g/mol. The molecule has 0 saturated carbocycles. The Morgan fingerprint density at radius 2 is 1.05 bits per heavy atom. The Balaban J connectivity index is 1.12. The predicted octanol–water partition coefficient (Wildman–Crippen LogP) is 4.71. The van der Waals surface area contributed by atoms with Crippen molar-refractivity contribution < 1.29 is 35.8 Å². The molecule has 14 heteroatoms. The van der Waals surface area contributed by atoms with Gasteiger partial charge < -0.3 is 18.9 Å². The van der Waals surface area contributed by atoms with E-state index >= 15 is 0 Å². The van der Waals surface area contributed by atoms with Crippen LogP contribution in [0.4, 0.5) is 0 Å². The third kappa shape index (κ3) is 11.2. The Bertz CT molecular complexity index is 1240. The Labute approximate surface area is 283 Å². The van der Waals surface area contributed by atoms with Crippen LogP contribution < -0.4 is 9.47 Å². The zero-order valence-corrected chi connectivity index (χ0v) is 30.1. The average molecular weight is 863 g/mol. The average Bonchev–Trinajstić information content (AvgIpc) is 3.66. The lowest BCUT2D eigenvalue weighted by molar-refractivity contribution is -0.0707. The topological polar surface area (TPSA) is 112 Å². The standard InChI is InChI=1S/C29H40I2N2O8S2/c30-24-7-11-28(12-8-24)40-17-3-19-42(34,35)32-15-1-5-26(32)21-38-23-39-22-27-6-2-16-33(27)43(36,37)20-4-18-41-29-13-9-25(31)10-14-29/h7-14,26-27H,1-6,15-23H2/t26-,27-/m0/s1. The van der Waals surface area contributed by atoms with Gasteiger partial charge in [0.2, 0.25) is 20.0 Å². The third-order valence-corrected chi connectivity index (χ3v) is 12.8. The Hall–Kier alpha value is -0.760. The lowest BCUT2D eigenvalue weighted by Gasteiger charge is -2.25. The zero-order valence-electron chi connectivity index (χ0n) is 24.1. The molecule has 4 rings (SSSR count). The number of hydrogen-bond acceptors (Lipinski definition) is 8. The van der Waals surface area contributed by atoms with E-state index in [1.165, 1.54) is 0 Å². The molecule has 240 valence electrons. The van der Waals surface area contributed by atoms with Gasteiger partial charge in [-0.15, -0.1) is 0 Å². The maximum atomic E-state index is 13.0. The van der Waals surface area contributed by atoms with Gasteiger partial charge in [-0.2, -0.15) is 8.61 Å². The van der Waals surface area contributed by atoms with Crippen LogP contribution in [0.15, 0.2) is 48.5 Å². The molecule has 0 bridgehead atoms. The second-order valence-corrected chi connectivity index (χ2v) is 17.2.